The van der Waals surface area contributed by atoms with E-state index in [1.54, 1.807) is 13.4 Å². The highest BCUT2D eigenvalue weighted by Crippen LogP contribution is 2.29. The van der Waals surface area contributed by atoms with Crippen molar-refractivity contribution in [2.24, 2.45) is 0 Å². The van der Waals surface area contributed by atoms with Gasteiger partial charge in [-0.05, 0) is 41.8 Å². The summed E-state index contributed by atoms with van der Waals surface area (Å²) in [5, 5.41) is 0. The molecule has 0 bridgehead atoms. The van der Waals surface area contributed by atoms with Gasteiger partial charge in [-0.1, -0.05) is 43.3 Å². The summed E-state index contributed by atoms with van der Waals surface area (Å²) in [6.07, 6.45) is 2.94. The number of carbonyl (C=O) groups is 1. The second kappa shape index (κ2) is 10.4. The third-order valence-electron chi connectivity index (χ3n) is 4.58. The number of rotatable bonds is 10. The van der Waals surface area contributed by atoms with Gasteiger partial charge < -0.3 is 18.8 Å². The molecule has 0 atom stereocenters. The van der Waals surface area contributed by atoms with E-state index < -0.39 is 0 Å². The molecule has 0 saturated carbocycles. The maximum atomic E-state index is 12.6. The molecular weight excluding hydrogens is 366 g/mol. The van der Waals surface area contributed by atoms with Crippen LogP contribution in [0.5, 0.6) is 11.5 Å². The Morgan fingerprint density at radius 2 is 1.79 bits per heavy atom. The van der Waals surface area contributed by atoms with E-state index in [1.807, 2.05) is 72.5 Å². The van der Waals surface area contributed by atoms with Crippen molar-refractivity contribution in [3.8, 4) is 11.5 Å². The minimum Gasteiger partial charge on any atom is -0.493 e. The number of methoxy groups -OCH3 is 1. The summed E-state index contributed by atoms with van der Waals surface area (Å²) in [7, 11) is 1.62. The van der Waals surface area contributed by atoms with Crippen molar-refractivity contribution in [2.75, 3.05) is 7.11 Å². The summed E-state index contributed by atoms with van der Waals surface area (Å²) in [5.41, 5.74) is 2.07. The summed E-state index contributed by atoms with van der Waals surface area (Å²) < 4.78 is 16.9. The second-order valence-corrected chi connectivity index (χ2v) is 6.84. The van der Waals surface area contributed by atoms with E-state index in [-0.39, 0.29) is 5.91 Å². The first-order valence-corrected chi connectivity index (χ1v) is 9.83. The monoisotopic (exact) mass is 393 g/mol. The lowest BCUT2D eigenvalue weighted by atomic mass is 10.1. The van der Waals surface area contributed by atoms with Crippen molar-refractivity contribution in [2.45, 2.75) is 39.5 Å². The Morgan fingerprint density at radius 3 is 2.48 bits per heavy atom. The predicted octanol–water partition coefficient (Wildman–Crippen LogP) is 5.20. The Kier molecular flexibility index (Phi) is 7.34. The van der Waals surface area contributed by atoms with Crippen LogP contribution in [0.15, 0.2) is 71.3 Å². The minimum atomic E-state index is 0.104. The van der Waals surface area contributed by atoms with Crippen LogP contribution in [0.2, 0.25) is 0 Å². The highest BCUT2D eigenvalue weighted by Gasteiger charge is 2.16. The zero-order valence-corrected chi connectivity index (χ0v) is 17.0. The largest absolute Gasteiger partial charge is 0.493 e. The molecule has 0 fully saturated rings. The molecule has 0 aliphatic heterocycles. The lowest BCUT2D eigenvalue weighted by Crippen LogP contribution is -2.29. The van der Waals surface area contributed by atoms with Crippen LogP contribution in [0, 0.1) is 0 Å². The van der Waals surface area contributed by atoms with Crippen molar-refractivity contribution in [3.63, 3.8) is 0 Å². The lowest BCUT2D eigenvalue weighted by molar-refractivity contribution is -0.132. The molecule has 3 aromatic rings. The predicted molar refractivity (Wildman–Crippen MR) is 112 cm³/mol. The summed E-state index contributed by atoms with van der Waals surface area (Å²) >= 11 is 0. The van der Waals surface area contributed by atoms with E-state index in [9.17, 15) is 4.79 Å². The summed E-state index contributed by atoms with van der Waals surface area (Å²) in [6.45, 7) is 3.40. The number of hydrogen-bond acceptors (Lipinski definition) is 4. The molecule has 1 amide bonds. The molecule has 3 rings (SSSR count). The number of hydrogen-bond donors (Lipinski definition) is 0. The molecule has 5 heteroatoms. The molecule has 0 aliphatic carbocycles. The fourth-order valence-electron chi connectivity index (χ4n) is 3.08. The third-order valence-corrected chi connectivity index (χ3v) is 4.58. The molecule has 5 nitrogen and oxygen atoms in total. The first kappa shape index (κ1) is 20.5. The molecule has 0 N–H and O–H groups in total. The Bertz CT molecular complexity index is 891. The quantitative estimate of drug-likeness (QED) is 0.475. The number of ether oxygens (including phenoxy) is 2. The zero-order chi connectivity index (χ0) is 20.5. The molecule has 0 radical (unpaired) electrons. The number of nitrogens with zero attached hydrogens (tertiary/aromatic N) is 1. The average molecular weight is 393 g/mol. The maximum absolute atomic E-state index is 12.6. The van der Waals surface area contributed by atoms with Crippen LogP contribution in [0.3, 0.4) is 0 Å². The average Bonchev–Trinajstić information content (AvgIpc) is 3.26. The third kappa shape index (κ3) is 5.88. The zero-order valence-electron chi connectivity index (χ0n) is 17.0. The van der Waals surface area contributed by atoms with Crippen molar-refractivity contribution < 1.29 is 18.7 Å². The van der Waals surface area contributed by atoms with Crippen molar-refractivity contribution in [3.05, 3.63) is 83.8 Å². The van der Waals surface area contributed by atoms with Crippen molar-refractivity contribution in [1.29, 1.82) is 0 Å². The van der Waals surface area contributed by atoms with Gasteiger partial charge in [0, 0.05) is 13.0 Å². The van der Waals surface area contributed by atoms with Crippen LogP contribution in [-0.2, 0) is 24.5 Å². The number of benzene rings is 2. The molecule has 2 aromatic carbocycles. The highest BCUT2D eigenvalue weighted by atomic mass is 16.5. The van der Waals surface area contributed by atoms with Crippen LogP contribution >= 0.6 is 0 Å². The topological polar surface area (TPSA) is 51.9 Å². The Balaban J connectivity index is 1.71. The normalized spacial score (nSPS) is 10.6. The van der Waals surface area contributed by atoms with Gasteiger partial charge in [-0.3, -0.25) is 4.79 Å². The molecule has 0 unspecified atom stereocenters. The van der Waals surface area contributed by atoms with Gasteiger partial charge in [-0.15, -0.1) is 0 Å². The van der Waals surface area contributed by atoms with Gasteiger partial charge in [0.25, 0.3) is 0 Å². The first-order chi connectivity index (χ1) is 14.2. The molecule has 1 heterocycles. The summed E-state index contributed by atoms with van der Waals surface area (Å²) in [6, 6.07) is 19.5. The standard InChI is InChI=1S/C24H27NO4/c1-3-8-24(26)25(17-21-11-7-14-28-21)16-20-12-13-22(23(15-20)27-2)29-18-19-9-5-4-6-10-19/h4-7,9-15H,3,8,16-18H2,1-2H3. The second-order valence-electron chi connectivity index (χ2n) is 6.84. The molecule has 0 spiro atoms. The molecule has 152 valence electrons. The Labute approximate surface area is 171 Å². The lowest BCUT2D eigenvalue weighted by Gasteiger charge is -2.22. The summed E-state index contributed by atoms with van der Waals surface area (Å²) in [5.74, 6) is 2.20. The number of amides is 1. The van der Waals surface area contributed by atoms with E-state index in [2.05, 4.69) is 0 Å². The van der Waals surface area contributed by atoms with E-state index in [4.69, 9.17) is 13.9 Å². The maximum Gasteiger partial charge on any atom is 0.223 e. The Hall–Kier alpha value is -3.21. The van der Waals surface area contributed by atoms with Crippen LogP contribution in [-0.4, -0.2) is 17.9 Å². The van der Waals surface area contributed by atoms with Crippen LogP contribution < -0.4 is 9.47 Å². The fraction of sp³-hybridized carbons (Fsp3) is 0.292. The van der Waals surface area contributed by atoms with Crippen LogP contribution in [0.4, 0.5) is 0 Å². The van der Waals surface area contributed by atoms with Gasteiger partial charge in [-0.25, -0.2) is 0 Å². The van der Waals surface area contributed by atoms with Gasteiger partial charge in [0.15, 0.2) is 11.5 Å². The van der Waals surface area contributed by atoms with Gasteiger partial charge in [0.05, 0.1) is 19.9 Å². The molecular formula is C24H27NO4. The van der Waals surface area contributed by atoms with E-state index in [0.29, 0.717) is 37.6 Å². The van der Waals surface area contributed by atoms with Crippen LogP contribution in [0.1, 0.15) is 36.7 Å². The van der Waals surface area contributed by atoms with Gasteiger partial charge in [-0.2, -0.15) is 0 Å². The highest BCUT2D eigenvalue weighted by molar-refractivity contribution is 5.76. The molecule has 1 aromatic heterocycles. The number of carbonyl (C=O) groups excluding carboxylic acids is 1. The first-order valence-electron chi connectivity index (χ1n) is 9.83. The fourth-order valence-corrected chi connectivity index (χ4v) is 3.08. The van der Waals surface area contributed by atoms with E-state index in [0.717, 1.165) is 23.3 Å². The van der Waals surface area contributed by atoms with Gasteiger partial charge in [0.2, 0.25) is 5.91 Å². The molecule has 0 saturated heterocycles. The smallest absolute Gasteiger partial charge is 0.223 e. The number of furan rings is 1. The van der Waals surface area contributed by atoms with Crippen molar-refractivity contribution >= 4 is 5.91 Å². The molecule has 0 aliphatic rings. The van der Waals surface area contributed by atoms with Gasteiger partial charge >= 0.3 is 0 Å². The van der Waals surface area contributed by atoms with Gasteiger partial charge in [0.1, 0.15) is 12.4 Å². The Morgan fingerprint density at radius 1 is 0.966 bits per heavy atom. The van der Waals surface area contributed by atoms with Crippen LogP contribution in [0.25, 0.3) is 0 Å². The van der Waals surface area contributed by atoms with E-state index >= 15 is 0 Å². The SMILES string of the molecule is CCCC(=O)N(Cc1ccc(OCc2ccccc2)c(OC)c1)Cc1ccco1. The van der Waals surface area contributed by atoms with E-state index in [1.165, 1.54) is 0 Å². The minimum absolute atomic E-state index is 0.104. The van der Waals surface area contributed by atoms with Crippen molar-refractivity contribution in [1.82, 2.24) is 4.90 Å². The molecule has 29 heavy (non-hydrogen) atoms. The summed E-state index contributed by atoms with van der Waals surface area (Å²) in [4.78, 5) is 14.4.